The molecule has 4 nitrogen and oxygen atoms in total. The van der Waals surface area contributed by atoms with Crippen LogP contribution in [-0.4, -0.2) is 17.3 Å². The smallest absolute Gasteiger partial charge is 0.159 e. The maximum Gasteiger partial charge on any atom is 0.159 e. The fourth-order valence-corrected chi connectivity index (χ4v) is 2.81. The third-order valence-corrected chi connectivity index (χ3v) is 4.12. The second-order valence-corrected chi connectivity index (χ2v) is 5.78. The zero-order chi connectivity index (χ0) is 15.2. The van der Waals surface area contributed by atoms with Crippen LogP contribution in [0, 0.1) is 18.3 Å². The molecule has 2 rings (SSSR count). The lowest BCUT2D eigenvalue weighted by atomic mass is 10.1. The van der Waals surface area contributed by atoms with Crippen LogP contribution in [0.2, 0.25) is 0 Å². The number of aromatic nitrogens is 1. The predicted molar refractivity (Wildman–Crippen MR) is 84.8 cm³/mol. The molecule has 1 aromatic heterocycles. The Morgan fingerprint density at radius 1 is 1.48 bits per heavy atom. The van der Waals surface area contributed by atoms with Crippen molar-refractivity contribution >= 4 is 22.8 Å². The molecule has 2 aromatic rings. The van der Waals surface area contributed by atoms with Crippen molar-refractivity contribution in [3.05, 3.63) is 45.4 Å². The van der Waals surface area contributed by atoms with Crippen LogP contribution in [0.4, 0.5) is 5.69 Å². The zero-order valence-electron chi connectivity index (χ0n) is 12.1. The van der Waals surface area contributed by atoms with E-state index in [1.54, 1.807) is 29.5 Å². The molecule has 1 heterocycles. The topological polar surface area (TPSA) is 65.8 Å². The van der Waals surface area contributed by atoms with Gasteiger partial charge in [0.25, 0.3) is 0 Å². The van der Waals surface area contributed by atoms with Crippen molar-refractivity contribution in [3.63, 3.8) is 0 Å². The van der Waals surface area contributed by atoms with E-state index in [1.165, 1.54) is 6.92 Å². The summed E-state index contributed by atoms with van der Waals surface area (Å²) in [4.78, 5) is 15.8. The van der Waals surface area contributed by atoms with Crippen LogP contribution in [0.5, 0.6) is 0 Å². The molecule has 0 saturated carbocycles. The zero-order valence-corrected chi connectivity index (χ0v) is 13.0. The highest BCUT2D eigenvalue weighted by Crippen LogP contribution is 2.18. The van der Waals surface area contributed by atoms with Crippen molar-refractivity contribution in [2.45, 2.75) is 26.7 Å². The first kappa shape index (κ1) is 15.2. The number of hydrogen-bond acceptors (Lipinski definition) is 5. The highest BCUT2D eigenvalue weighted by molar-refractivity contribution is 7.09. The molecule has 0 bridgehead atoms. The standard InChI is InChI=1S/C16H17N3OS/c1-11-10-21-16(19-11)4-3-7-18-15-8-13(12(2)20)5-6-14(15)9-17/h5-6,8,10,18H,3-4,7H2,1-2H3. The van der Waals surface area contributed by atoms with Gasteiger partial charge >= 0.3 is 0 Å². The van der Waals surface area contributed by atoms with Gasteiger partial charge in [-0.2, -0.15) is 5.26 Å². The number of Topliss-reactive ketones (excluding diaryl/α,β-unsaturated/α-hetero) is 1. The molecule has 0 aliphatic carbocycles. The summed E-state index contributed by atoms with van der Waals surface area (Å²) in [5.41, 5.74) is 2.96. The van der Waals surface area contributed by atoms with E-state index in [9.17, 15) is 4.79 Å². The van der Waals surface area contributed by atoms with E-state index in [0.29, 0.717) is 11.1 Å². The number of anilines is 1. The number of carbonyl (C=O) groups is 1. The second kappa shape index (κ2) is 7.00. The number of rotatable bonds is 6. The van der Waals surface area contributed by atoms with Crippen molar-refractivity contribution in [1.29, 1.82) is 5.26 Å². The van der Waals surface area contributed by atoms with Gasteiger partial charge in [0.2, 0.25) is 0 Å². The molecule has 0 fully saturated rings. The van der Waals surface area contributed by atoms with Gasteiger partial charge in [0.1, 0.15) is 6.07 Å². The van der Waals surface area contributed by atoms with Gasteiger partial charge in [0.15, 0.2) is 5.78 Å². The number of thiazole rings is 1. The maximum atomic E-state index is 11.4. The fourth-order valence-electron chi connectivity index (χ4n) is 1.99. The van der Waals surface area contributed by atoms with Crippen LogP contribution in [0.25, 0.3) is 0 Å². The van der Waals surface area contributed by atoms with Crippen molar-refractivity contribution < 1.29 is 4.79 Å². The van der Waals surface area contributed by atoms with E-state index in [4.69, 9.17) is 5.26 Å². The first-order chi connectivity index (χ1) is 10.1. The summed E-state index contributed by atoms with van der Waals surface area (Å²) in [7, 11) is 0. The maximum absolute atomic E-state index is 11.4. The molecule has 0 spiro atoms. The first-order valence-electron chi connectivity index (χ1n) is 6.80. The van der Waals surface area contributed by atoms with E-state index >= 15 is 0 Å². The Balaban J connectivity index is 1.94. The van der Waals surface area contributed by atoms with Crippen molar-refractivity contribution in [2.75, 3.05) is 11.9 Å². The van der Waals surface area contributed by atoms with Crippen LogP contribution in [0.15, 0.2) is 23.6 Å². The second-order valence-electron chi connectivity index (χ2n) is 4.84. The van der Waals surface area contributed by atoms with Gasteiger partial charge in [-0.15, -0.1) is 11.3 Å². The van der Waals surface area contributed by atoms with Gasteiger partial charge in [-0.05, 0) is 38.5 Å². The summed E-state index contributed by atoms with van der Waals surface area (Å²) >= 11 is 1.67. The SMILES string of the molecule is CC(=O)c1ccc(C#N)c(NCCCc2nc(C)cs2)c1. The van der Waals surface area contributed by atoms with Crippen molar-refractivity contribution in [2.24, 2.45) is 0 Å². The number of aryl methyl sites for hydroxylation is 2. The Bertz CT molecular complexity index is 685. The molecule has 0 radical (unpaired) electrons. The Hall–Kier alpha value is -2.19. The van der Waals surface area contributed by atoms with E-state index in [2.05, 4.69) is 16.4 Å². The molecular formula is C16H17N3OS. The molecule has 0 aliphatic heterocycles. The third kappa shape index (κ3) is 4.14. The minimum absolute atomic E-state index is 0.000741. The molecule has 0 saturated heterocycles. The highest BCUT2D eigenvalue weighted by Gasteiger charge is 2.06. The lowest BCUT2D eigenvalue weighted by Gasteiger charge is -2.09. The average molecular weight is 299 g/mol. The lowest BCUT2D eigenvalue weighted by Crippen LogP contribution is -2.06. The van der Waals surface area contributed by atoms with Gasteiger partial charge in [-0.1, -0.05) is 0 Å². The minimum atomic E-state index is 0.000741. The fraction of sp³-hybridized carbons (Fsp3) is 0.312. The Labute approximate surface area is 128 Å². The van der Waals surface area contributed by atoms with E-state index < -0.39 is 0 Å². The van der Waals surface area contributed by atoms with Crippen LogP contribution in [0.3, 0.4) is 0 Å². The molecule has 0 amide bonds. The molecule has 1 N–H and O–H groups in total. The van der Waals surface area contributed by atoms with Crippen LogP contribution < -0.4 is 5.32 Å². The number of nitrogens with one attached hydrogen (secondary N) is 1. The van der Waals surface area contributed by atoms with Crippen molar-refractivity contribution in [1.82, 2.24) is 4.98 Å². The van der Waals surface area contributed by atoms with Crippen LogP contribution in [0.1, 0.15) is 40.0 Å². The monoisotopic (exact) mass is 299 g/mol. The molecule has 0 unspecified atom stereocenters. The summed E-state index contributed by atoms with van der Waals surface area (Å²) in [6, 6.07) is 7.25. The number of ketones is 1. The molecule has 108 valence electrons. The van der Waals surface area contributed by atoms with Crippen molar-refractivity contribution in [3.8, 4) is 6.07 Å². The number of nitriles is 1. The van der Waals surface area contributed by atoms with E-state index in [-0.39, 0.29) is 5.78 Å². The van der Waals surface area contributed by atoms with Crippen LogP contribution in [-0.2, 0) is 6.42 Å². The van der Waals surface area contributed by atoms with E-state index in [1.807, 2.05) is 12.3 Å². The van der Waals surface area contributed by atoms with Gasteiger partial charge in [0, 0.05) is 29.6 Å². The lowest BCUT2D eigenvalue weighted by molar-refractivity contribution is 0.101. The van der Waals surface area contributed by atoms with Crippen LogP contribution >= 0.6 is 11.3 Å². The molecule has 1 aromatic carbocycles. The number of benzene rings is 1. The first-order valence-corrected chi connectivity index (χ1v) is 7.68. The number of hydrogen-bond donors (Lipinski definition) is 1. The Morgan fingerprint density at radius 2 is 2.29 bits per heavy atom. The summed E-state index contributed by atoms with van der Waals surface area (Å²) in [6.45, 7) is 4.26. The van der Waals surface area contributed by atoms with Gasteiger partial charge in [0.05, 0.1) is 16.3 Å². The van der Waals surface area contributed by atoms with E-state index in [0.717, 1.165) is 35.8 Å². The minimum Gasteiger partial charge on any atom is -0.384 e. The highest BCUT2D eigenvalue weighted by atomic mass is 32.1. The van der Waals surface area contributed by atoms with Gasteiger partial charge in [-0.25, -0.2) is 4.98 Å². The Morgan fingerprint density at radius 3 is 2.90 bits per heavy atom. The van der Waals surface area contributed by atoms with Gasteiger partial charge in [-0.3, -0.25) is 4.79 Å². The molecule has 0 atom stereocenters. The molecule has 21 heavy (non-hydrogen) atoms. The third-order valence-electron chi connectivity index (χ3n) is 3.10. The predicted octanol–water partition coefficient (Wildman–Crippen LogP) is 3.57. The number of nitrogens with zero attached hydrogens (tertiary/aromatic N) is 2. The molecule has 5 heteroatoms. The quantitative estimate of drug-likeness (QED) is 0.654. The summed E-state index contributed by atoms with van der Waals surface area (Å²) in [6.07, 6.45) is 1.85. The van der Waals surface area contributed by atoms with Gasteiger partial charge < -0.3 is 5.32 Å². The molecular weight excluding hydrogens is 282 g/mol. The summed E-state index contributed by atoms with van der Waals surface area (Å²) in [5.74, 6) is 0.000741. The number of carbonyl (C=O) groups excluding carboxylic acids is 1. The molecule has 0 aliphatic rings. The largest absolute Gasteiger partial charge is 0.384 e. The Kier molecular flexibility index (Phi) is 5.07. The average Bonchev–Trinajstić information content (AvgIpc) is 2.89. The normalized spacial score (nSPS) is 10.1. The summed E-state index contributed by atoms with van der Waals surface area (Å²) in [5, 5.41) is 15.5. The summed E-state index contributed by atoms with van der Waals surface area (Å²) < 4.78 is 0.